The molecule has 5 rings (SSSR count). The fourth-order valence-electron chi connectivity index (χ4n) is 6.20. The molecular formula is C54H59F15I2O6S2. The first-order valence-electron chi connectivity index (χ1n) is 23.4. The normalized spacial score (nSPS) is 13.5. The topological polar surface area (TPSA) is 114 Å². The molecule has 0 radical (unpaired) electrons. The van der Waals surface area contributed by atoms with Gasteiger partial charge in [-0.1, -0.05) is 132 Å². The van der Waals surface area contributed by atoms with E-state index in [1.165, 1.54) is 49.4 Å². The van der Waals surface area contributed by atoms with Crippen molar-refractivity contribution in [2.45, 2.75) is 158 Å². The van der Waals surface area contributed by atoms with Crippen molar-refractivity contribution >= 4 is 20.2 Å². The number of halogens is 17. The number of hydrogen-bond donors (Lipinski definition) is 0. The Morgan fingerprint density at radius 2 is 0.633 bits per heavy atom. The van der Waals surface area contributed by atoms with E-state index in [9.17, 15) is 91.8 Å². The van der Waals surface area contributed by atoms with Gasteiger partial charge in [0.15, 0.2) is 24.4 Å². The second-order valence-electron chi connectivity index (χ2n) is 21.0. The van der Waals surface area contributed by atoms with E-state index in [1.807, 2.05) is 0 Å². The van der Waals surface area contributed by atoms with Crippen molar-refractivity contribution in [1.29, 1.82) is 0 Å². The third-order valence-electron chi connectivity index (χ3n) is 12.2. The molecular weight excluding hydrogens is 1350 g/mol. The summed E-state index contributed by atoms with van der Waals surface area (Å²) < 4.78 is 246. The Hall–Kier alpha value is -3.67. The minimum Gasteiger partial charge on any atom is -0.744 e. The van der Waals surface area contributed by atoms with E-state index in [1.54, 1.807) is 0 Å². The lowest BCUT2D eigenvalue weighted by atomic mass is 9.82. The molecule has 0 atom stereocenters. The Balaban J connectivity index is 0.000000363. The lowest BCUT2D eigenvalue weighted by molar-refractivity contribution is -0.597. The van der Waals surface area contributed by atoms with Gasteiger partial charge in [0.05, 0.1) is 16.0 Å². The van der Waals surface area contributed by atoms with E-state index >= 15 is 0 Å². The van der Waals surface area contributed by atoms with Gasteiger partial charge in [-0.2, -0.15) is 65.9 Å². The highest BCUT2D eigenvalue weighted by Crippen LogP contribution is 2.54. The van der Waals surface area contributed by atoms with Gasteiger partial charge in [0.1, 0.15) is 10.1 Å². The summed E-state index contributed by atoms with van der Waals surface area (Å²) in [7, 11) is -12.8. The minimum atomic E-state index is -7.43. The third kappa shape index (κ3) is 19.7. The van der Waals surface area contributed by atoms with Crippen LogP contribution in [0.4, 0.5) is 65.9 Å². The minimum absolute atomic E-state index is 0.0703. The van der Waals surface area contributed by atoms with Crippen LogP contribution in [0.25, 0.3) is 0 Å². The summed E-state index contributed by atoms with van der Waals surface area (Å²) in [6.07, 6.45) is -15.2. The van der Waals surface area contributed by atoms with Crippen LogP contribution in [0, 0.1) is 14.3 Å². The molecule has 0 aliphatic rings. The van der Waals surface area contributed by atoms with Gasteiger partial charge >= 0.3 is 78.0 Å². The van der Waals surface area contributed by atoms with Crippen molar-refractivity contribution in [2.24, 2.45) is 0 Å². The van der Waals surface area contributed by atoms with Crippen molar-refractivity contribution in [2.75, 3.05) is 0 Å². The number of rotatable bonds is 12. The van der Waals surface area contributed by atoms with Crippen LogP contribution in [0.2, 0.25) is 0 Å². The SMILES string of the molecule is CC(C)(C)c1ccc([I+]c2ccc(C(C)(C)C)cc2)cc1.CCC(C)(C)c1ccc([I+]c2ccc(C(C)(C)CC)cc2)cc1.O=S(=O)([O-])C(F)(F)C(F)(F)C(F)(F)C(F)(F)F.O=S(=O)([O-])c1cc(C(F)(F)F)cc(C(F)(F)F)c1. The van der Waals surface area contributed by atoms with Crippen LogP contribution in [0.5, 0.6) is 0 Å². The van der Waals surface area contributed by atoms with Crippen LogP contribution in [-0.4, -0.2) is 49.2 Å². The second-order valence-corrected chi connectivity index (χ2v) is 29.9. The Morgan fingerprint density at radius 3 is 0.823 bits per heavy atom. The average molecular weight is 1410 g/mol. The van der Waals surface area contributed by atoms with Gasteiger partial charge < -0.3 is 9.11 Å². The molecule has 0 aliphatic carbocycles. The molecule has 0 heterocycles. The Kier molecular flexibility index (Phi) is 23.4. The molecule has 0 saturated carbocycles. The molecule has 0 bridgehead atoms. The molecule has 0 N–H and O–H groups in total. The average Bonchev–Trinajstić information content (AvgIpc) is 3.30. The predicted octanol–water partition coefficient (Wildman–Crippen LogP) is 10.2. The van der Waals surface area contributed by atoms with Crippen molar-refractivity contribution in [3.8, 4) is 0 Å². The van der Waals surface area contributed by atoms with Crippen molar-refractivity contribution < 1.29 is 134 Å². The van der Waals surface area contributed by atoms with E-state index in [0.717, 1.165) is 0 Å². The zero-order valence-electron chi connectivity index (χ0n) is 44.6. The maximum atomic E-state index is 12.3. The maximum Gasteiger partial charge on any atom is 0.460 e. The first-order valence-corrected chi connectivity index (χ1v) is 30.5. The van der Waals surface area contributed by atoms with Crippen LogP contribution in [0.15, 0.2) is 120 Å². The predicted molar refractivity (Wildman–Crippen MR) is 260 cm³/mol. The molecule has 6 nitrogen and oxygen atoms in total. The van der Waals surface area contributed by atoms with Gasteiger partial charge in [0.2, 0.25) is 0 Å². The zero-order chi connectivity index (χ0) is 61.6. The van der Waals surface area contributed by atoms with Gasteiger partial charge in [-0.25, -0.2) is 16.8 Å². The summed E-state index contributed by atoms with van der Waals surface area (Å²) in [6, 6.07) is 36.5. The number of hydrogen-bond acceptors (Lipinski definition) is 6. The molecule has 25 heteroatoms. The van der Waals surface area contributed by atoms with Gasteiger partial charge in [-0.15, -0.1) is 0 Å². The molecule has 0 aromatic heterocycles. The summed E-state index contributed by atoms with van der Waals surface area (Å²) in [6.45, 7) is 27.4. The smallest absolute Gasteiger partial charge is 0.460 e. The molecule has 0 unspecified atom stereocenters. The number of alkyl halides is 15. The molecule has 0 amide bonds. The lowest BCUT2D eigenvalue weighted by Crippen LogP contribution is -3.61. The van der Waals surface area contributed by atoms with Crippen molar-refractivity contribution in [1.82, 2.24) is 0 Å². The van der Waals surface area contributed by atoms with Crippen LogP contribution < -0.4 is 42.4 Å². The van der Waals surface area contributed by atoms with E-state index in [0.29, 0.717) is 0 Å². The number of benzene rings is 5. The zero-order valence-corrected chi connectivity index (χ0v) is 50.5. The quantitative estimate of drug-likeness (QED) is 0.0699. The summed E-state index contributed by atoms with van der Waals surface area (Å²) in [5.41, 5.74) is 3.07. The summed E-state index contributed by atoms with van der Waals surface area (Å²) in [5.74, 6) is -14.8. The van der Waals surface area contributed by atoms with E-state index < -0.39 is 71.9 Å². The van der Waals surface area contributed by atoms with Gasteiger partial charge in [-0.05, 0) is 123 Å². The lowest BCUT2D eigenvalue weighted by Gasteiger charge is -2.34. The molecule has 0 fully saturated rings. The standard InChI is InChI=1S/C22H30I.C20H26I.C8H4F6O3S.C4HF9O3S/c1-7-21(3,4)17-9-13-19(14-10-17)23-20-15-11-18(12-16-20)22(5,6)8-2;1-19(2,3)15-7-11-17(12-8-15)21-18-13-9-16(10-14-18)20(4,5)6;9-7(10,11)4-1-5(8(12,13)14)3-6(2-4)18(15,16)17;5-1(6,3(9,10)11)2(7,8)4(12,13)17(14,15)16/h9-16H,7-8H2,1-6H3;7-14H,1-6H3;1-3H,(H,15,16,17);(H,14,15,16)/q2*+1;;/p-2. The molecule has 79 heavy (non-hydrogen) atoms. The molecule has 0 spiro atoms. The van der Waals surface area contributed by atoms with E-state index in [-0.39, 0.29) is 82.3 Å². The summed E-state index contributed by atoms with van der Waals surface area (Å²) in [4.78, 5) is -1.58. The molecule has 0 aliphatic heterocycles. The highest BCUT2D eigenvalue weighted by Gasteiger charge is 2.83. The van der Waals surface area contributed by atoms with Crippen molar-refractivity contribution in [3.05, 3.63) is 163 Å². The third-order valence-corrected chi connectivity index (χ3v) is 19.2. The first-order chi connectivity index (χ1) is 35.3. The fourth-order valence-corrected chi connectivity index (χ4v) is 11.5. The van der Waals surface area contributed by atoms with Gasteiger partial charge in [0.25, 0.3) is 0 Å². The first kappa shape index (κ1) is 71.4. The Morgan fingerprint density at radius 1 is 0.380 bits per heavy atom. The van der Waals surface area contributed by atoms with Crippen LogP contribution >= 0.6 is 0 Å². The fraction of sp³-hybridized carbons (Fsp3) is 0.444. The highest BCUT2D eigenvalue weighted by atomic mass is 127. The van der Waals surface area contributed by atoms with Crippen LogP contribution in [0.3, 0.4) is 0 Å². The highest BCUT2D eigenvalue weighted by molar-refractivity contribution is 7.86. The summed E-state index contributed by atoms with van der Waals surface area (Å²) >= 11 is -0.150. The molecule has 5 aromatic carbocycles. The molecule has 5 aromatic rings. The van der Waals surface area contributed by atoms with Crippen LogP contribution in [-0.2, 0) is 54.2 Å². The second kappa shape index (κ2) is 25.9. The summed E-state index contributed by atoms with van der Waals surface area (Å²) in [5, 5.41) is -7.11. The monoisotopic (exact) mass is 1410 g/mol. The molecule has 0 saturated heterocycles. The van der Waals surface area contributed by atoms with E-state index in [4.69, 9.17) is 0 Å². The van der Waals surface area contributed by atoms with Crippen molar-refractivity contribution in [3.63, 3.8) is 0 Å². The van der Waals surface area contributed by atoms with Gasteiger partial charge in [-0.3, -0.25) is 0 Å². The Bertz CT molecular complexity index is 2860. The van der Waals surface area contributed by atoms with Gasteiger partial charge in [0, 0.05) is 0 Å². The van der Waals surface area contributed by atoms with Crippen LogP contribution in [0.1, 0.15) is 129 Å². The van der Waals surface area contributed by atoms with E-state index in [2.05, 4.69) is 180 Å². The largest absolute Gasteiger partial charge is 0.744 e. The Labute approximate surface area is 472 Å². The maximum absolute atomic E-state index is 12.3. The molecule has 442 valence electrons.